The molecule has 1 N–H and O–H groups in total. The van der Waals surface area contributed by atoms with Gasteiger partial charge in [-0.15, -0.1) is 0 Å². The highest BCUT2D eigenvalue weighted by Crippen LogP contribution is 2.23. The summed E-state index contributed by atoms with van der Waals surface area (Å²) in [5.41, 5.74) is 1.92. The Morgan fingerprint density at radius 1 is 0.962 bits per heavy atom. The van der Waals surface area contributed by atoms with E-state index in [1.165, 1.54) is 0 Å². The van der Waals surface area contributed by atoms with Gasteiger partial charge in [-0.25, -0.2) is 8.42 Å². The molecule has 134 valence electrons. The Labute approximate surface area is 153 Å². The summed E-state index contributed by atoms with van der Waals surface area (Å²) >= 11 is 0. The van der Waals surface area contributed by atoms with Gasteiger partial charge in [0, 0.05) is 5.69 Å². The number of fused-ring (bicyclic) bond motifs is 1. The summed E-state index contributed by atoms with van der Waals surface area (Å²) < 4.78 is 25.5. The zero-order valence-corrected chi connectivity index (χ0v) is 15.5. The molecule has 0 aliphatic rings. The number of carbonyl (C=O) groups is 1. The Morgan fingerprint density at radius 3 is 2.31 bits per heavy atom. The first-order valence-corrected chi connectivity index (χ1v) is 10.0. The van der Waals surface area contributed by atoms with Crippen LogP contribution in [0.2, 0.25) is 0 Å². The van der Waals surface area contributed by atoms with Crippen LogP contribution in [0.4, 0.5) is 11.4 Å². The Balaban J connectivity index is 1.82. The molecule has 0 saturated carbocycles. The van der Waals surface area contributed by atoms with Crippen LogP contribution in [0.3, 0.4) is 0 Å². The smallest absolute Gasteiger partial charge is 0.245 e. The van der Waals surface area contributed by atoms with Crippen molar-refractivity contribution in [2.75, 3.05) is 22.4 Å². The van der Waals surface area contributed by atoms with E-state index in [0.717, 1.165) is 26.9 Å². The molecular weight excluding hydrogens is 348 g/mol. The molecule has 0 aromatic heterocycles. The minimum atomic E-state index is -3.59. The third-order valence-corrected chi connectivity index (χ3v) is 5.23. The van der Waals surface area contributed by atoms with Crippen molar-refractivity contribution in [3.8, 4) is 0 Å². The van der Waals surface area contributed by atoms with Crippen LogP contribution in [0.5, 0.6) is 0 Å². The normalized spacial score (nSPS) is 11.3. The molecule has 5 nitrogen and oxygen atoms in total. The van der Waals surface area contributed by atoms with Crippen molar-refractivity contribution in [3.63, 3.8) is 0 Å². The first kappa shape index (κ1) is 17.9. The number of carbonyl (C=O) groups excluding carboxylic acids is 1. The number of rotatable bonds is 5. The van der Waals surface area contributed by atoms with Gasteiger partial charge in [-0.2, -0.15) is 0 Å². The third-order valence-electron chi connectivity index (χ3n) is 4.10. The van der Waals surface area contributed by atoms with Gasteiger partial charge in [0.05, 0.1) is 11.9 Å². The van der Waals surface area contributed by atoms with Crippen molar-refractivity contribution >= 4 is 38.1 Å². The fraction of sp³-hybridized carbons (Fsp3) is 0.150. The zero-order chi connectivity index (χ0) is 18.7. The fourth-order valence-electron chi connectivity index (χ4n) is 2.82. The van der Waals surface area contributed by atoms with E-state index in [9.17, 15) is 13.2 Å². The van der Waals surface area contributed by atoms with Crippen molar-refractivity contribution < 1.29 is 13.2 Å². The predicted molar refractivity (Wildman–Crippen MR) is 106 cm³/mol. The molecule has 0 fully saturated rings. The number of para-hydroxylation sites is 1. The Kier molecular flexibility index (Phi) is 4.95. The minimum absolute atomic E-state index is 0.281. The van der Waals surface area contributed by atoms with Gasteiger partial charge in [-0.05, 0) is 41.5 Å². The quantitative estimate of drug-likeness (QED) is 0.749. The first-order valence-electron chi connectivity index (χ1n) is 8.16. The van der Waals surface area contributed by atoms with Gasteiger partial charge in [-0.3, -0.25) is 9.10 Å². The highest BCUT2D eigenvalue weighted by atomic mass is 32.2. The lowest BCUT2D eigenvalue weighted by Gasteiger charge is -2.23. The van der Waals surface area contributed by atoms with E-state index in [4.69, 9.17) is 0 Å². The molecule has 0 spiro atoms. The number of nitrogens with one attached hydrogen (secondary N) is 1. The summed E-state index contributed by atoms with van der Waals surface area (Å²) in [4.78, 5) is 12.5. The molecule has 0 radical (unpaired) electrons. The van der Waals surface area contributed by atoms with E-state index < -0.39 is 15.9 Å². The standard InChI is InChI=1S/C20H20N2O3S/c1-15-7-3-6-10-19(15)22(26(2,24)25)14-20(23)21-18-12-11-16-8-4-5-9-17(16)13-18/h3-13H,14H2,1-2H3,(H,21,23). The van der Waals surface area contributed by atoms with E-state index in [1.807, 2.05) is 55.5 Å². The summed E-state index contributed by atoms with van der Waals surface area (Å²) in [6.07, 6.45) is 1.10. The largest absolute Gasteiger partial charge is 0.324 e. The second kappa shape index (κ2) is 7.17. The maximum absolute atomic E-state index is 12.5. The van der Waals surface area contributed by atoms with Gasteiger partial charge in [0.2, 0.25) is 15.9 Å². The zero-order valence-electron chi connectivity index (χ0n) is 14.6. The van der Waals surface area contributed by atoms with Crippen LogP contribution in [0.15, 0.2) is 66.7 Å². The number of amides is 1. The van der Waals surface area contributed by atoms with Crippen LogP contribution in [-0.2, 0) is 14.8 Å². The summed E-state index contributed by atoms with van der Waals surface area (Å²) in [6.45, 7) is 1.53. The van der Waals surface area contributed by atoms with Crippen LogP contribution >= 0.6 is 0 Å². The molecule has 0 heterocycles. The number of hydrogen-bond donors (Lipinski definition) is 1. The molecule has 26 heavy (non-hydrogen) atoms. The second-order valence-electron chi connectivity index (χ2n) is 6.17. The van der Waals surface area contributed by atoms with Crippen LogP contribution in [0, 0.1) is 6.92 Å². The summed E-state index contributed by atoms with van der Waals surface area (Å²) in [5, 5.41) is 4.86. The van der Waals surface area contributed by atoms with Gasteiger partial charge >= 0.3 is 0 Å². The molecule has 0 bridgehead atoms. The molecule has 0 aliphatic heterocycles. The van der Waals surface area contributed by atoms with Crippen LogP contribution in [0.1, 0.15) is 5.56 Å². The lowest BCUT2D eigenvalue weighted by molar-refractivity contribution is -0.114. The highest BCUT2D eigenvalue weighted by Gasteiger charge is 2.22. The molecule has 3 aromatic carbocycles. The van der Waals surface area contributed by atoms with Crippen molar-refractivity contribution in [2.24, 2.45) is 0 Å². The topological polar surface area (TPSA) is 66.5 Å². The van der Waals surface area contributed by atoms with Crippen molar-refractivity contribution in [1.29, 1.82) is 0 Å². The van der Waals surface area contributed by atoms with E-state index >= 15 is 0 Å². The molecule has 0 unspecified atom stereocenters. The minimum Gasteiger partial charge on any atom is -0.324 e. The number of hydrogen-bond acceptors (Lipinski definition) is 3. The molecule has 0 atom stereocenters. The monoisotopic (exact) mass is 368 g/mol. The van der Waals surface area contributed by atoms with E-state index in [1.54, 1.807) is 18.2 Å². The average molecular weight is 368 g/mol. The molecule has 1 amide bonds. The maximum atomic E-state index is 12.5. The molecule has 0 aliphatic carbocycles. The molecule has 0 saturated heterocycles. The molecule has 3 rings (SSSR count). The van der Waals surface area contributed by atoms with Crippen LogP contribution < -0.4 is 9.62 Å². The number of sulfonamides is 1. The Hall–Kier alpha value is -2.86. The maximum Gasteiger partial charge on any atom is 0.245 e. The van der Waals surface area contributed by atoms with Crippen LogP contribution in [-0.4, -0.2) is 27.1 Å². The van der Waals surface area contributed by atoms with Gasteiger partial charge < -0.3 is 5.32 Å². The molecule has 3 aromatic rings. The van der Waals surface area contributed by atoms with E-state index in [2.05, 4.69) is 5.32 Å². The summed E-state index contributed by atoms with van der Waals surface area (Å²) in [6, 6.07) is 20.5. The lowest BCUT2D eigenvalue weighted by atomic mass is 10.1. The van der Waals surface area contributed by atoms with E-state index in [0.29, 0.717) is 11.4 Å². The SMILES string of the molecule is Cc1ccccc1N(CC(=O)Nc1ccc2ccccc2c1)S(C)(=O)=O. The number of anilines is 2. The van der Waals surface area contributed by atoms with Gasteiger partial charge in [-0.1, -0.05) is 48.5 Å². The molecular formula is C20H20N2O3S. The third kappa shape index (κ3) is 4.03. The Bertz CT molecular complexity index is 1060. The number of benzene rings is 3. The summed E-state index contributed by atoms with van der Waals surface area (Å²) in [5.74, 6) is -0.394. The fourth-order valence-corrected chi connectivity index (χ4v) is 3.74. The Morgan fingerprint density at radius 2 is 1.62 bits per heavy atom. The van der Waals surface area contributed by atoms with Gasteiger partial charge in [0.1, 0.15) is 6.54 Å². The van der Waals surface area contributed by atoms with Crippen molar-refractivity contribution in [1.82, 2.24) is 0 Å². The van der Waals surface area contributed by atoms with Gasteiger partial charge in [0.25, 0.3) is 0 Å². The van der Waals surface area contributed by atoms with Crippen LogP contribution in [0.25, 0.3) is 10.8 Å². The highest BCUT2D eigenvalue weighted by molar-refractivity contribution is 7.92. The number of aryl methyl sites for hydroxylation is 1. The van der Waals surface area contributed by atoms with Gasteiger partial charge in [0.15, 0.2) is 0 Å². The van der Waals surface area contributed by atoms with Crippen molar-refractivity contribution in [2.45, 2.75) is 6.92 Å². The molecule has 6 heteroatoms. The number of nitrogens with zero attached hydrogens (tertiary/aromatic N) is 1. The van der Waals surface area contributed by atoms with E-state index in [-0.39, 0.29) is 6.54 Å². The summed E-state index contributed by atoms with van der Waals surface area (Å²) in [7, 11) is -3.59. The predicted octanol–water partition coefficient (Wildman–Crippen LogP) is 3.55. The second-order valence-corrected chi connectivity index (χ2v) is 8.07. The van der Waals surface area contributed by atoms with Crippen molar-refractivity contribution in [3.05, 3.63) is 72.3 Å². The average Bonchev–Trinajstić information content (AvgIpc) is 2.59. The lowest BCUT2D eigenvalue weighted by Crippen LogP contribution is -2.37. The first-order chi connectivity index (χ1) is 12.3.